The maximum atomic E-state index is 10.5. The van der Waals surface area contributed by atoms with Crippen LogP contribution in [0.2, 0.25) is 0 Å². The lowest BCUT2D eigenvalue weighted by Crippen LogP contribution is -2.43. The molecule has 2 aromatic heterocycles. The van der Waals surface area contributed by atoms with E-state index in [-0.39, 0.29) is 0 Å². The van der Waals surface area contributed by atoms with E-state index in [1.54, 1.807) is 6.20 Å². The average molecular weight is 273 g/mol. The minimum absolute atomic E-state index is 0.517. The van der Waals surface area contributed by atoms with Crippen LogP contribution in [0, 0.1) is 5.92 Å². The van der Waals surface area contributed by atoms with Crippen LogP contribution < -0.4 is 5.32 Å². The van der Waals surface area contributed by atoms with Crippen molar-refractivity contribution in [2.24, 2.45) is 5.92 Å². The average Bonchev–Trinajstić information content (AvgIpc) is 2.86. The third-order valence-electron chi connectivity index (χ3n) is 4.51. The van der Waals surface area contributed by atoms with Gasteiger partial charge in [-0.05, 0) is 49.3 Å². The molecule has 3 rings (SSSR count). The highest BCUT2D eigenvalue weighted by molar-refractivity contribution is 5.79. The van der Waals surface area contributed by atoms with Crippen LogP contribution in [0.5, 0.6) is 0 Å². The Morgan fingerprint density at radius 1 is 1.45 bits per heavy atom. The topological polar surface area (TPSA) is 60.9 Å². The normalized spacial score (nSPS) is 27.0. The lowest BCUT2D eigenvalue weighted by Gasteiger charge is -2.35. The SMILES string of the molecule is CC1CCC(O)(CNCc2c[nH]c3ncccc23)CC1. The van der Waals surface area contributed by atoms with Crippen molar-refractivity contribution in [3.05, 3.63) is 30.1 Å². The van der Waals surface area contributed by atoms with Crippen LogP contribution in [0.4, 0.5) is 0 Å². The largest absolute Gasteiger partial charge is 0.389 e. The molecule has 108 valence electrons. The van der Waals surface area contributed by atoms with Crippen LogP contribution in [0.1, 0.15) is 38.2 Å². The Hall–Kier alpha value is -1.39. The predicted octanol–water partition coefficient (Wildman–Crippen LogP) is 2.59. The highest BCUT2D eigenvalue weighted by Gasteiger charge is 2.31. The maximum Gasteiger partial charge on any atom is 0.137 e. The maximum absolute atomic E-state index is 10.5. The van der Waals surface area contributed by atoms with Gasteiger partial charge in [-0.15, -0.1) is 0 Å². The van der Waals surface area contributed by atoms with Gasteiger partial charge in [0.2, 0.25) is 0 Å². The molecule has 1 aliphatic rings. The zero-order valence-electron chi connectivity index (χ0n) is 12.0. The number of hydrogen-bond donors (Lipinski definition) is 3. The van der Waals surface area contributed by atoms with Crippen molar-refractivity contribution < 1.29 is 5.11 Å². The second kappa shape index (κ2) is 5.54. The molecule has 0 unspecified atom stereocenters. The minimum atomic E-state index is -0.517. The summed E-state index contributed by atoms with van der Waals surface area (Å²) in [5.41, 5.74) is 1.62. The van der Waals surface area contributed by atoms with E-state index in [4.69, 9.17) is 0 Å². The van der Waals surface area contributed by atoms with Gasteiger partial charge in [-0.1, -0.05) is 6.92 Å². The molecule has 2 heterocycles. The van der Waals surface area contributed by atoms with Crippen LogP contribution in [-0.2, 0) is 6.54 Å². The first-order valence-corrected chi connectivity index (χ1v) is 7.50. The molecule has 4 nitrogen and oxygen atoms in total. The van der Waals surface area contributed by atoms with Gasteiger partial charge in [-0.25, -0.2) is 4.98 Å². The summed E-state index contributed by atoms with van der Waals surface area (Å²) >= 11 is 0. The van der Waals surface area contributed by atoms with Crippen molar-refractivity contribution in [2.45, 2.75) is 44.8 Å². The van der Waals surface area contributed by atoms with E-state index < -0.39 is 5.60 Å². The van der Waals surface area contributed by atoms with E-state index in [9.17, 15) is 5.11 Å². The van der Waals surface area contributed by atoms with E-state index in [1.165, 1.54) is 5.56 Å². The summed E-state index contributed by atoms with van der Waals surface area (Å²) in [7, 11) is 0. The molecule has 0 saturated heterocycles. The monoisotopic (exact) mass is 273 g/mol. The molecule has 0 bridgehead atoms. The molecule has 0 amide bonds. The molecule has 0 aliphatic heterocycles. The Bertz CT molecular complexity index is 570. The number of H-pyrrole nitrogens is 1. The fourth-order valence-corrected chi connectivity index (χ4v) is 3.07. The number of pyridine rings is 1. The lowest BCUT2D eigenvalue weighted by atomic mass is 9.79. The minimum Gasteiger partial charge on any atom is -0.389 e. The summed E-state index contributed by atoms with van der Waals surface area (Å²) in [5.74, 6) is 0.759. The summed E-state index contributed by atoms with van der Waals surface area (Å²) in [6.45, 7) is 3.71. The molecule has 2 aromatic rings. The summed E-state index contributed by atoms with van der Waals surface area (Å²) < 4.78 is 0. The van der Waals surface area contributed by atoms with E-state index in [2.05, 4.69) is 28.3 Å². The Morgan fingerprint density at radius 3 is 3.05 bits per heavy atom. The van der Waals surface area contributed by atoms with Crippen molar-refractivity contribution in [3.8, 4) is 0 Å². The number of rotatable bonds is 4. The number of fused-ring (bicyclic) bond motifs is 1. The van der Waals surface area contributed by atoms with Gasteiger partial charge in [0.05, 0.1) is 5.60 Å². The number of aliphatic hydroxyl groups is 1. The van der Waals surface area contributed by atoms with Crippen LogP contribution >= 0.6 is 0 Å². The van der Waals surface area contributed by atoms with Gasteiger partial charge < -0.3 is 15.4 Å². The molecular formula is C16H23N3O. The van der Waals surface area contributed by atoms with Crippen LogP contribution in [0.15, 0.2) is 24.5 Å². The highest BCUT2D eigenvalue weighted by atomic mass is 16.3. The number of nitrogens with zero attached hydrogens (tertiary/aromatic N) is 1. The summed E-state index contributed by atoms with van der Waals surface area (Å²) in [5, 5.41) is 15.1. The first kappa shape index (κ1) is 13.6. The third-order valence-corrected chi connectivity index (χ3v) is 4.51. The van der Waals surface area contributed by atoms with Crippen LogP contribution in [-0.4, -0.2) is 27.2 Å². The molecular weight excluding hydrogens is 250 g/mol. The number of aromatic nitrogens is 2. The zero-order valence-corrected chi connectivity index (χ0v) is 12.0. The molecule has 1 saturated carbocycles. The van der Waals surface area contributed by atoms with Gasteiger partial charge in [-0.3, -0.25) is 0 Å². The van der Waals surface area contributed by atoms with Crippen molar-refractivity contribution in [2.75, 3.05) is 6.54 Å². The quantitative estimate of drug-likeness (QED) is 0.802. The third kappa shape index (κ3) is 2.86. The Balaban J connectivity index is 1.57. The number of hydrogen-bond acceptors (Lipinski definition) is 3. The van der Waals surface area contributed by atoms with Crippen molar-refractivity contribution >= 4 is 11.0 Å². The van der Waals surface area contributed by atoms with E-state index in [0.29, 0.717) is 6.54 Å². The Morgan fingerprint density at radius 2 is 2.25 bits per heavy atom. The Kier molecular flexibility index (Phi) is 3.76. The predicted molar refractivity (Wildman–Crippen MR) is 80.4 cm³/mol. The summed E-state index contributed by atoms with van der Waals surface area (Å²) in [6, 6.07) is 4.03. The van der Waals surface area contributed by atoms with Gasteiger partial charge in [0.15, 0.2) is 0 Å². The zero-order chi connectivity index (χ0) is 14.0. The van der Waals surface area contributed by atoms with E-state index in [0.717, 1.165) is 49.2 Å². The van der Waals surface area contributed by atoms with Crippen molar-refractivity contribution in [3.63, 3.8) is 0 Å². The van der Waals surface area contributed by atoms with Gasteiger partial charge >= 0.3 is 0 Å². The molecule has 1 aliphatic carbocycles. The molecule has 1 fully saturated rings. The van der Waals surface area contributed by atoms with Crippen molar-refractivity contribution in [1.82, 2.24) is 15.3 Å². The fourth-order valence-electron chi connectivity index (χ4n) is 3.07. The molecule has 3 N–H and O–H groups in total. The standard InChI is InChI=1S/C16H23N3O/c1-12-4-6-16(20,7-5-12)11-17-9-13-10-19-15-14(13)3-2-8-18-15/h2-3,8,10,12,17,20H,4-7,9,11H2,1H3,(H,18,19). The van der Waals surface area contributed by atoms with Crippen molar-refractivity contribution in [1.29, 1.82) is 0 Å². The molecule has 4 heteroatoms. The van der Waals surface area contributed by atoms with Gasteiger partial charge in [0.25, 0.3) is 0 Å². The molecule has 0 spiro atoms. The smallest absolute Gasteiger partial charge is 0.137 e. The second-order valence-corrected chi connectivity index (χ2v) is 6.22. The number of nitrogens with one attached hydrogen (secondary N) is 2. The van der Waals surface area contributed by atoms with Crippen LogP contribution in [0.3, 0.4) is 0 Å². The van der Waals surface area contributed by atoms with Gasteiger partial charge in [0, 0.05) is 30.9 Å². The second-order valence-electron chi connectivity index (χ2n) is 6.22. The lowest BCUT2D eigenvalue weighted by molar-refractivity contribution is -0.00628. The molecule has 0 aromatic carbocycles. The number of aromatic amines is 1. The molecule has 0 radical (unpaired) electrons. The van der Waals surface area contributed by atoms with Gasteiger partial charge in [0.1, 0.15) is 5.65 Å². The van der Waals surface area contributed by atoms with E-state index in [1.807, 2.05) is 12.3 Å². The fraction of sp³-hybridized carbons (Fsp3) is 0.562. The summed E-state index contributed by atoms with van der Waals surface area (Å²) in [4.78, 5) is 7.47. The Labute approximate surface area is 119 Å². The van der Waals surface area contributed by atoms with Crippen LogP contribution in [0.25, 0.3) is 11.0 Å². The highest BCUT2D eigenvalue weighted by Crippen LogP contribution is 2.31. The molecule has 0 atom stereocenters. The van der Waals surface area contributed by atoms with Gasteiger partial charge in [-0.2, -0.15) is 0 Å². The molecule has 20 heavy (non-hydrogen) atoms. The summed E-state index contributed by atoms with van der Waals surface area (Å²) in [6.07, 6.45) is 7.89. The van der Waals surface area contributed by atoms with E-state index >= 15 is 0 Å². The first-order chi connectivity index (χ1) is 9.66. The first-order valence-electron chi connectivity index (χ1n) is 7.50.